The van der Waals surface area contributed by atoms with Crippen LogP contribution < -0.4 is 10.2 Å². The number of non-ortho nitro benzene ring substituents is 1. The van der Waals surface area contributed by atoms with E-state index in [2.05, 4.69) is 5.32 Å². The van der Waals surface area contributed by atoms with E-state index in [0.29, 0.717) is 12.1 Å². The summed E-state index contributed by atoms with van der Waals surface area (Å²) in [6.07, 6.45) is 0.725. The van der Waals surface area contributed by atoms with Crippen molar-refractivity contribution in [2.24, 2.45) is 0 Å². The second-order valence-electron chi connectivity index (χ2n) is 7.17. The maximum Gasteiger partial charge on any atom is 0.325 e. The van der Waals surface area contributed by atoms with Crippen LogP contribution in [0.3, 0.4) is 0 Å². The van der Waals surface area contributed by atoms with Crippen LogP contribution in [0.4, 0.5) is 16.2 Å². The highest BCUT2D eigenvalue weighted by Crippen LogP contribution is 2.31. The van der Waals surface area contributed by atoms with Gasteiger partial charge in [-0.15, -0.1) is 0 Å². The third-order valence-electron chi connectivity index (χ3n) is 5.41. The summed E-state index contributed by atoms with van der Waals surface area (Å²) in [5, 5.41) is 13.4. The third-order valence-corrected chi connectivity index (χ3v) is 5.41. The lowest BCUT2D eigenvalue weighted by atomic mass is 9.92. The molecule has 4 amide bonds. The number of anilines is 1. The van der Waals surface area contributed by atoms with E-state index in [-0.39, 0.29) is 18.1 Å². The van der Waals surface area contributed by atoms with E-state index in [0.717, 1.165) is 22.6 Å². The van der Waals surface area contributed by atoms with Gasteiger partial charge in [-0.3, -0.25) is 24.6 Å². The monoisotopic (exact) mass is 394 g/mol. The van der Waals surface area contributed by atoms with Crippen molar-refractivity contribution in [2.75, 3.05) is 18.0 Å². The van der Waals surface area contributed by atoms with Gasteiger partial charge in [0.15, 0.2) is 0 Å². The molecule has 2 aromatic carbocycles. The first kappa shape index (κ1) is 18.6. The number of fused-ring (bicyclic) bond motifs is 1. The molecular weight excluding hydrogens is 376 g/mol. The quantitative estimate of drug-likeness (QED) is 0.484. The molecule has 1 fully saturated rings. The largest absolute Gasteiger partial charge is 0.325 e. The molecule has 4 rings (SSSR count). The van der Waals surface area contributed by atoms with Crippen LogP contribution in [0.2, 0.25) is 0 Å². The zero-order chi connectivity index (χ0) is 20.8. The number of rotatable bonds is 4. The summed E-state index contributed by atoms with van der Waals surface area (Å²) in [6, 6.07) is 12.3. The highest BCUT2D eigenvalue weighted by atomic mass is 16.6. The van der Waals surface area contributed by atoms with Gasteiger partial charge in [0.05, 0.1) is 4.92 Å². The molecule has 1 N–H and O–H groups in total. The predicted octanol–water partition coefficient (Wildman–Crippen LogP) is 1.95. The molecule has 1 atom stereocenters. The number of nitrogens with zero attached hydrogens (tertiary/aromatic N) is 3. The SMILES string of the molecule is C[C@@]1(c2ccc([N+](=O)[O-])cc2)NC(=O)N(CC(=O)N2CCc3ccccc32)C1=O. The number of amides is 4. The fourth-order valence-electron chi connectivity index (χ4n) is 3.77. The van der Waals surface area contributed by atoms with Crippen molar-refractivity contribution in [3.05, 3.63) is 69.8 Å². The van der Waals surface area contributed by atoms with Crippen molar-refractivity contribution in [3.8, 4) is 0 Å². The molecule has 2 aromatic rings. The topological polar surface area (TPSA) is 113 Å². The van der Waals surface area contributed by atoms with E-state index in [1.54, 1.807) is 4.90 Å². The molecule has 2 aliphatic rings. The molecule has 9 nitrogen and oxygen atoms in total. The lowest BCUT2D eigenvalue weighted by Gasteiger charge is -2.23. The molecule has 2 aliphatic heterocycles. The summed E-state index contributed by atoms with van der Waals surface area (Å²) in [4.78, 5) is 51.0. The van der Waals surface area contributed by atoms with Gasteiger partial charge in [0.25, 0.3) is 11.6 Å². The summed E-state index contributed by atoms with van der Waals surface area (Å²) < 4.78 is 0. The van der Waals surface area contributed by atoms with Crippen LogP contribution in [-0.4, -0.2) is 40.8 Å². The normalized spacial score (nSPS) is 20.6. The average molecular weight is 394 g/mol. The zero-order valence-electron chi connectivity index (χ0n) is 15.6. The Labute approximate surface area is 166 Å². The molecule has 0 bridgehead atoms. The lowest BCUT2D eigenvalue weighted by Crippen LogP contribution is -2.44. The smallest absolute Gasteiger partial charge is 0.319 e. The number of nitro benzene ring substituents is 1. The maximum atomic E-state index is 13.0. The van der Waals surface area contributed by atoms with Gasteiger partial charge >= 0.3 is 6.03 Å². The second kappa shape index (κ2) is 6.69. The molecule has 2 heterocycles. The van der Waals surface area contributed by atoms with Gasteiger partial charge in [-0.05, 0) is 42.7 Å². The van der Waals surface area contributed by atoms with Crippen molar-refractivity contribution in [2.45, 2.75) is 18.9 Å². The molecule has 0 aromatic heterocycles. The van der Waals surface area contributed by atoms with E-state index in [9.17, 15) is 24.5 Å². The van der Waals surface area contributed by atoms with E-state index in [4.69, 9.17) is 0 Å². The standard InChI is InChI=1S/C20H18N4O5/c1-20(14-6-8-15(9-7-14)24(28)29)18(26)23(19(27)21-20)12-17(25)22-11-10-13-4-2-3-5-16(13)22/h2-9H,10-12H2,1H3,(H,21,27)/t20-/m0/s1. The molecule has 0 spiro atoms. The maximum absolute atomic E-state index is 13.0. The van der Waals surface area contributed by atoms with Crippen molar-refractivity contribution < 1.29 is 19.3 Å². The lowest BCUT2D eigenvalue weighted by molar-refractivity contribution is -0.384. The van der Waals surface area contributed by atoms with Crippen LogP contribution in [0.1, 0.15) is 18.1 Å². The Morgan fingerprint density at radius 1 is 1.17 bits per heavy atom. The molecule has 9 heteroatoms. The first-order valence-corrected chi connectivity index (χ1v) is 9.08. The highest BCUT2D eigenvalue weighted by molar-refractivity contribution is 6.10. The number of carbonyl (C=O) groups excluding carboxylic acids is 3. The van der Waals surface area contributed by atoms with Crippen LogP contribution in [0.25, 0.3) is 0 Å². The van der Waals surface area contributed by atoms with Crippen LogP contribution in [-0.2, 0) is 21.5 Å². The van der Waals surface area contributed by atoms with Crippen LogP contribution in [0, 0.1) is 10.1 Å². The fourth-order valence-corrected chi connectivity index (χ4v) is 3.77. The molecule has 148 valence electrons. The Hall–Kier alpha value is -3.75. The molecular formula is C20H18N4O5. The van der Waals surface area contributed by atoms with Gasteiger partial charge in [0, 0.05) is 24.4 Å². The van der Waals surface area contributed by atoms with Crippen molar-refractivity contribution in [1.82, 2.24) is 10.2 Å². The van der Waals surface area contributed by atoms with Crippen LogP contribution in [0.15, 0.2) is 48.5 Å². The third kappa shape index (κ3) is 3.00. The van der Waals surface area contributed by atoms with Gasteiger partial charge in [0.2, 0.25) is 5.91 Å². The van der Waals surface area contributed by atoms with Gasteiger partial charge in [-0.25, -0.2) is 4.79 Å². The fraction of sp³-hybridized carbons (Fsp3) is 0.250. The minimum atomic E-state index is -1.39. The number of urea groups is 1. The molecule has 0 saturated carbocycles. The Bertz CT molecular complexity index is 1040. The minimum Gasteiger partial charge on any atom is -0.319 e. The Morgan fingerprint density at radius 3 is 2.55 bits per heavy atom. The Kier molecular flexibility index (Phi) is 4.30. The summed E-state index contributed by atoms with van der Waals surface area (Å²) in [5.74, 6) is -0.913. The number of hydrogen-bond acceptors (Lipinski definition) is 5. The number of nitro groups is 1. The van der Waals surface area contributed by atoms with Gasteiger partial charge in [-0.2, -0.15) is 0 Å². The Balaban J connectivity index is 1.54. The minimum absolute atomic E-state index is 0.117. The second-order valence-corrected chi connectivity index (χ2v) is 7.17. The number of benzene rings is 2. The molecule has 0 unspecified atom stereocenters. The van der Waals surface area contributed by atoms with Crippen molar-refractivity contribution in [1.29, 1.82) is 0 Å². The first-order valence-electron chi connectivity index (χ1n) is 9.08. The molecule has 29 heavy (non-hydrogen) atoms. The van der Waals surface area contributed by atoms with E-state index < -0.39 is 22.4 Å². The Morgan fingerprint density at radius 2 is 1.86 bits per heavy atom. The highest BCUT2D eigenvalue weighted by Gasteiger charge is 2.50. The number of imide groups is 1. The van der Waals surface area contributed by atoms with Gasteiger partial charge in [0.1, 0.15) is 12.1 Å². The predicted molar refractivity (Wildman–Crippen MR) is 103 cm³/mol. The molecule has 1 saturated heterocycles. The van der Waals surface area contributed by atoms with Crippen molar-refractivity contribution in [3.63, 3.8) is 0 Å². The van der Waals surface area contributed by atoms with Crippen LogP contribution >= 0.6 is 0 Å². The summed E-state index contributed by atoms with van der Waals surface area (Å²) in [6.45, 7) is 1.65. The zero-order valence-corrected chi connectivity index (χ0v) is 15.6. The number of hydrogen-bond donors (Lipinski definition) is 1. The van der Waals surface area contributed by atoms with Crippen molar-refractivity contribution >= 4 is 29.2 Å². The van der Waals surface area contributed by atoms with E-state index in [1.807, 2.05) is 24.3 Å². The average Bonchev–Trinajstić information content (AvgIpc) is 3.23. The van der Waals surface area contributed by atoms with E-state index >= 15 is 0 Å². The number of carbonyl (C=O) groups is 3. The summed E-state index contributed by atoms with van der Waals surface area (Å²) in [7, 11) is 0. The summed E-state index contributed by atoms with van der Waals surface area (Å²) in [5.41, 5.74) is 0.739. The van der Waals surface area contributed by atoms with Crippen LogP contribution in [0.5, 0.6) is 0 Å². The number of para-hydroxylation sites is 1. The first-order chi connectivity index (χ1) is 13.8. The van der Waals surface area contributed by atoms with E-state index in [1.165, 1.54) is 31.2 Å². The number of nitrogens with one attached hydrogen (secondary N) is 1. The summed E-state index contributed by atoms with van der Waals surface area (Å²) >= 11 is 0. The van der Waals surface area contributed by atoms with Gasteiger partial charge < -0.3 is 10.2 Å². The molecule has 0 aliphatic carbocycles. The molecule has 0 radical (unpaired) electrons. The van der Waals surface area contributed by atoms with Gasteiger partial charge in [-0.1, -0.05) is 18.2 Å².